The molecule has 18 heavy (non-hydrogen) atoms. The van der Waals surface area contributed by atoms with Gasteiger partial charge in [-0.1, -0.05) is 26.2 Å². The zero-order valence-electron chi connectivity index (χ0n) is 11.3. The third kappa shape index (κ3) is 5.58. The van der Waals surface area contributed by atoms with E-state index in [1.165, 1.54) is 4.90 Å². The number of amides is 2. The summed E-state index contributed by atoms with van der Waals surface area (Å²) in [6.07, 6.45) is 6.13. The predicted octanol–water partition coefficient (Wildman–Crippen LogP) is 1.49. The first-order valence-electron chi connectivity index (χ1n) is 6.15. The van der Waals surface area contributed by atoms with E-state index in [-0.39, 0.29) is 19.1 Å². The molecule has 0 fully saturated rings. The first kappa shape index (κ1) is 16.3. The number of carbonyl (C=O) groups excluding carboxylic acids is 1. The summed E-state index contributed by atoms with van der Waals surface area (Å²) in [7, 11) is 0. The molecule has 5 nitrogen and oxygen atoms in total. The van der Waals surface area contributed by atoms with E-state index in [0.717, 1.165) is 6.42 Å². The average molecular weight is 254 g/mol. The Labute approximate surface area is 109 Å². The summed E-state index contributed by atoms with van der Waals surface area (Å²) in [5.74, 6) is 1.64. The van der Waals surface area contributed by atoms with Crippen LogP contribution in [-0.2, 0) is 4.79 Å². The normalized spacial score (nSPS) is 11.4. The molecule has 0 spiro atoms. The van der Waals surface area contributed by atoms with E-state index in [0.29, 0.717) is 19.0 Å². The third-order valence-corrected chi connectivity index (χ3v) is 2.76. The Kier molecular flexibility index (Phi) is 7.61. The summed E-state index contributed by atoms with van der Waals surface area (Å²) in [5, 5.41) is 8.76. The van der Waals surface area contributed by atoms with Crippen LogP contribution in [0.5, 0.6) is 0 Å². The molecule has 0 aromatic heterocycles. The number of rotatable bonds is 7. The van der Waals surface area contributed by atoms with E-state index >= 15 is 0 Å². The fourth-order valence-electron chi connectivity index (χ4n) is 1.51. The molecule has 0 aliphatic heterocycles. The fourth-order valence-corrected chi connectivity index (χ4v) is 1.51. The minimum absolute atomic E-state index is 0.0160. The molecule has 5 heteroatoms. The van der Waals surface area contributed by atoms with Crippen LogP contribution < -0.4 is 0 Å². The van der Waals surface area contributed by atoms with Gasteiger partial charge in [0.2, 0.25) is 0 Å². The molecule has 0 rings (SSSR count). The Morgan fingerprint density at radius 1 is 1.33 bits per heavy atom. The van der Waals surface area contributed by atoms with Gasteiger partial charge in [-0.15, -0.1) is 6.42 Å². The lowest BCUT2D eigenvalue weighted by Crippen LogP contribution is -2.46. The number of carboxylic acid groups (broad SMARTS) is 1. The summed E-state index contributed by atoms with van der Waals surface area (Å²) in [5.41, 5.74) is 0. The van der Waals surface area contributed by atoms with Crippen LogP contribution >= 0.6 is 0 Å². The van der Waals surface area contributed by atoms with Gasteiger partial charge in [-0.2, -0.15) is 0 Å². The van der Waals surface area contributed by atoms with Crippen molar-refractivity contribution in [2.75, 3.05) is 26.2 Å². The van der Waals surface area contributed by atoms with Gasteiger partial charge < -0.3 is 14.9 Å². The largest absolute Gasteiger partial charge is 0.480 e. The molecule has 1 N–H and O–H groups in total. The van der Waals surface area contributed by atoms with Gasteiger partial charge in [0.1, 0.15) is 6.54 Å². The third-order valence-electron chi connectivity index (χ3n) is 2.76. The highest BCUT2D eigenvalue weighted by Crippen LogP contribution is 2.07. The van der Waals surface area contributed by atoms with Gasteiger partial charge in [0, 0.05) is 13.1 Å². The molecule has 0 heterocycles. The van der Waals surface area contributed by atoms with Crippen LogP contribution in [0.4, 0.5) is 4.79 Å². The maximum absolute atomic E-state index is 12.1. The van der Waals surface area contributed by atoms with Gasteiger partial charge >= 0.3 is 12.0 Å². The summed E-state index contributed by atoms with van der Waals surface area (Å²) in [4.78, 5) is 25.6. The molecule has 2 amide bonds. The van der Waals surface area contributed by atoms with Crippen LogP contribution in [0, 0.1) is 18.3 Å². The van der Waals surface area contributed by atoms with Gasteiger partial charge in [0.25, 0.3) is 0 Å². The lowest BCUT2D eigenvalue weighted by molar-refractivity contribution is -0.137. The number of hydrogen-bond acceptors (Lipinski definition) is 2. The topological polar surface area (TPSA) is 60.9 Å². The minimum Gasteiger partial charge on any atom is -0.480 e. The first-order valence-corrected chi connectivity index (χ1v) is 6.15. The molecule has 0 saturated heterocycles. The summed E-state index contributed by atoms with van der Waals surface area (Å²) < 4.78 is 0. The molecule has 0 aromatic rings. The molecular weight excluding hydrogens is 232 g/mol. The van der Waals surface area contributed by atoms with Gasteiger partial charge in [0.05, 0.1) is 6.54 Å². The Morgan fingerprint density at radius 3 is 2.33 bits per heavy atom. The highest BCUT2D eigenvalue weighted by atomic mass is 16.4. The highest BCUT2D eigenvalue weighted by Gasteiger charge is 2.22. The van der Waals surface area contributed by atoms with E-state index in [4.69, 9.17) is 11.5 Å². The fraction of sp³-hybridized carbons (Fsp3) is 0.692. The summed E-state index contributed by atoms with van der Waals surface area (Å²) >= 11 is 0. The number of aliphatic carboxylic acids is 1. The van der Waals surface area contributed by atoms with Crippen LogP contribution in [0.2, 0.25) is 0 Å². The van der Waals surface area contributed by atoms with E-state index in [9.17, 15) is 9.59 Å². The SMILES string of the molecule is C#CCN(CC(=O)O)C(=O)N(CC)CC(C)CC. The van der Waals surface area contributed by atoms with Crippen molar-refractivity contribution >= 4 is 12.0 Å². The molecule has 0 aliphatic rings. The van der Waals surface area contributed by atoms with E-state index in [1.807, 2.05) is 6.92 Å². The van der Waals surface area contributed by atoms with E-state index < -0.39 is 5.97 Å². The molecule has 1 unspecified atom stereocenters. The average Bonchev–Trinajstić information content (AvgIpc) is 2.33. The number of terminal acetylenes is 1. The molecule has 0 aromatic carbocycles. The lowest BCUT2D eigenvalue weighted by atomic mass is 10.1. The monoisotopic (exact) mass is 254 g/mol. The smallest absolute Gasteiger partial charge is 0.323 e. The van der Waals surface area contributed by atoms with Crippen molar-refractivity contribution in [1.29, 1.82) is 0 Å². The number of hydrogen-bond donors (Lipinski definition) is 1. The van der Waals surface area contributed by atoms with Crippen LogP contribution in [0.15, 0.2) is 0 Å². The molecule has 0 radical (unpaired) electrons. The maximum atomic E-state index is 12.1. The van der Waals surface area contributed by atoms with Crippen LogP contribution in [0.1, 0.15) is 27.2 Å². The number of carboxylic acids is 1. The zero-order chi connectivity index (χ0) is 14.1. The second-order valence-electron chi connectivity index (χ2n) is 4.29. The predicted molar refractivity (Wildman–Crippen MR) is 70.1 cm³/mol. The van der Waals surface area contributed by atoms with Crippen molar-refractivity contribution in [3.63, 3.8) is 0 Å². The number of urea groups is 1. The lowest BCUT2D eigenvalue weighted by Gasteiger charge is -2.29. The van der Waals surface area contributed by atoms with Gasteiger partial charge in [-0.3, -0.25) is 4.79 Å². The van der Waals surface area contributed by atoms with Gasteiger partial charge in [0.15, 0.2) is 0 Å². The minimum atomic E-state index is -1.06. The Bertz CT molecular complexity index is 323. The molecule has 0 aliphatic carbocycles. The van der Waals surface area contributed by atoms with Crippen LogP contribution in [-0.4, -0.2) is 53.1 Å². The first-order chi connectivity index (χ1) is 8.46. The Morgan fingerprint density at radius 2 is 1.94 bits per heavy atom. The van der Waals surface area contributed by atoms with Crippen molar-refractivity contribution in [3.05, 3.63) is 0 Å². The van der Waals surface area contributed by atoms with E-state index in [1.54, 1.807) is 4.90 Å². The second kappa shape index (κ2) is 8.40. The Hall–Kier alpha value is -1.70. The van der Waals surface area contributed by atoms with Crippen molar-refractivity contribution in [1.82, 2.24) is 9.80 Å². The van der Waals surface area contributed by atoms with Gasteiger partial charge in [-0.05, 0) is 12.8 Å². The van der Waals surface area contributed by atoms with Gasteiger partial charge in [-0.25, -0.2) is 4.79 Å². The zero-order valence-corrected chi connectivity index (χ0v) is 11.3. The van der Waals surface area contributed by atoms with E-state index in [2.05, 4.69) is 19.8 Å². The molecule has 1 atom stereocenters. The number of carbonyl (C=O) groups is 2. The number of nitrogens with zero attached hydrogens (tertiary/aromatic N) is 2. The van der Waals surface area contributed by atoms with Crippen molar-refractivity contribution in [3.8, 4) is 12.3 Å². The highest BCUT2D eigenvalue weighted by molar-refractivity contribution is 5.80. The Balaban J connectivity index is 4.69. The van der Waals surface area contributed by atoms with Crippen molar-refractivity contribution < 1.29 is 14.7 Å². The van der Waals surface area contributed by atoms with Crippen LogP contribution in [0.3, 0.4) is 0 Å². The quantitative estimate of drug-likeness (QED) is 0.700. The standard InChI is InChI=1S/C13H22N2O3/c1-5-8-15(10-12(16)17)13(18)14(7-3)9-11(4)6-2/h1,11H,6-10H2,2-4H3,(H,16,17). The van der Waals surface area contributed by atoms with Crippen molar-refractivity contribution in [2.45, 2.75) is 27.2 Å². The van der Waals surface area contributed by atoms with Crippen molar-refractivity contribution in [2.24, 2.45) is 5.92 Å². The molecule has 0 saturated carbocycles. The second-order valence-corrected chi connectivity index (χ2v) is 4.29. The van der Waals surface area contributed by atoms with Crippen LogP contribution in [0.25, 0.3) is 0 Å². The molecule has 0 bridgehead atoms. The summed E-state index contributed by atoms with van der Waals surface area (Å²) in [6.45, 7) is 6.80. The molecular formula is C13H22N2O3. The molecule has 102 valence electrons. The summed E-state index contributed by atoms with van der Waals surface area (Å²) in [6, 6.07) is -0.307. The maximum Gasteiger partial charge on any atom is 0.323 e.